The van der Waals surface area contributed by atoms with Crippen LogP contribution in [-0.4, -0.2) is 12.5 Å². The number of hydrogen-bond donors (Lipinski definition) is 1. The van der Waals surface area contributed by atoms with Crippen LogP contribution in [0.2, 0.25) is 0 Å². The fourth-order valence-electron chi connectivity index (χ4n) is 1.21. The summed E-state index contributed by atoms with van der Waals surface area (Å²) < 4.78 is 0.881. The zero-order chi connectivity index (χ0) is 11.4. The molecule has 0 aromatic heterocycles. The van der Waals surface area contributed by atoms with Gasteiger partial charge in [0.25, 0.3) is 5.91 Å². The minimum absolute atomic E-state index is 0.0146. The van der Waals surface area contributed by atoms with Gasteiger partial charge in [-0.2, -0.15) is 0 Å². The van der Waals surface area contributed by atoms with Crippen molar-refractivity contribution >= 4 is 21.8 Å². The number of nitrogens with one attached hydrogen (secondary N) is 1. The summed E-state index contributed by atoms with van der Waals surface area (Å²) in [6, 6.07) is 5.69. The molecule has 3 heteroatoms. The largest absolute Gasteiger partial charge is 0.352 e. The average molecular weight is 270 g/mol. The first-order chi connectivity index (χ1) is 7.02. The first-order valence-corrected chi connectivity index (χ1v) is 5.85. The highest BCUT2D eigenvalue weighted by Crippen LogP contribution is 2.20. The second-order valence-corrected chi connectivity index (χ2v) is 4.83. The summed E-state index contributed by atoms with van der Waals surface area (Å²) in [6.07, 6.45) is 0. The highest BCUT2D eigenvalue weighted by molar-refractivity contribution is 9.10. The SMILES string of the molecule is Cc1cccc(C(=O)NCC(C)C)c1Br. The number of benzene rings is 1. The van der Waals surface area contributed by atoms with E-state index in [0.717, 1.165) is 10.0 Å². The Bertz CT molecular complexity index is 361. The molecule has 0 spiro atoms. The molecular formula is C12H16BrNO. The molecule has 15 heavy (non-hydrogen) atoms. The quantitative estimate of drug-likeness (QED) is 0.898. The van der Waals surface area contributed by atoms with Crippen molar-refractivity contribution in [2.75, 3.05) is 6.54 Å². The van der Waals surface area contributed by atoms with E-state index in [1.165, 1.54) is 0 Å². The Kier molecular flexibility index (Phi) is 4.33. The summed E-state index contributed by atoms with van der Waals surface area (Å²) in [6.45, 7) is 6.83. The molecule has 0 aliphatic rings. The zero-order valence-corrected chi connectivity index (χ0v) is 10.9. The van der Waals surface area contributed by atoms with Crippen LogP contribution in [0.1, 0.15) is 29.8 Å². The van der Waals surface area contributed by atoms with Crippen molar-refractivity contribution in [3.05, 3.63) is 33.8 Å². The van der Waals surface area contributed by atoms with Crippen LogP contribution in [0.3, 0.4) is 0 Å². The summed E-state index contributed by atoms with van der Waals surface area (Å²) in [5, 5.41) is 2.90. The fourth-order valence-corrected chi connectivity index (χ4v) is 1.66. The van der Waals surface area contributed by atoms with Gasteiger partial charge in [-0.1, -0.05) is 26.0 Å². The van der Waals surface area contributed by atoms with Crippen molar-refractivity contribution in [2.24, 2.45) is 5.92 Å². The summed E-state index contributed by atoms with van der Waals surface area (Å²) in [7, 11) is 0. The van der Waals surface area contributed by atoms with Gasteiger partial charge in [0.15, 0.2) is 0 Å². The molecule has 1 rings (SSSR count). The van der Waals surface area contributed by atoms with E-state index < -0.39 is 0 Å². The van der Waals surface area contributed by atoms with Crippen molar-refractivity contribution < 1.29 is 4.79 Å². The standard InChI is InChI=1S/C12H16BrNO/c1-8(2)7-14-12(15)10-6-4-5-9(3)11(10)13/h4-6,8H,7H2,1-3H3,(H,14,15). The molecule has 2 nitrogen and oxygen atoms in total. The number of carbonyl (C=O) groups excluding carboxylic acids is 1. The van der Waals surface area contributed by atoms with Crippen molar-refractivity contribution in [2.45, 2.75) is 20.8 Å². The molecule has 0 fully saturated rings. The lowest BCUT2D eigenvalue weighted by atomic mass is 10.1. The Labute approximate surface area is 99.2 Å². The molecule has 0 saturated heterocycles. The van der Waals surface area contributed by atoms with Gasteiger partial charge >= 0.3 is 0 Å². The molecule has 0 aliphatic carbocycles. The van der Waals surface area contributed by atoms with E-state index in [-0.39, 0.29) is 5.91 Å². The van der Waals surface area contributed by atoms with Gasteiger partial charge in [0, 0.05) is 11.0 Å². The molecule has 0 aliphatic heterocycles. The molecule has 1 aromatic carbocycles. The monoisotopic (exact) mass is 269 g/mol. The number of aryl methyl sites for hydroxylation is 1. The molecule has 1 aromatic rings. The van der Waals surface area contributed by atoms with Crippen LogP contribution in [-0.2, 0) is 0 Å². The predicted octanol–water partition coefficient (Wildman–Crippen LogP) is 3.14. The minimum Gasteiger partial charge on any atom is -0.352 e. The molecule has 0 heterocycles. The number of carbonyl (C=O) groups is 1. The summed E-state index contributed by atoms with van der Waals surface area (Å²) in [4.78, 5) is 11.8. The molecule has 0 radical (unpaired) electrons. The topological polar surface area (TPSA) is 29.1 Å². The van der Waals surface area contributed by atoms with Gasteiger partial charge in [-0.3, -0.25) is 4.79 Å². The predicted molar refractivity (Wildman–Crippen MR) is 66.1 cm³/mol. The maximum Gasteiger partial charge on any atom is 0.252 e. The second kappa shape index (κ2) is 5.31. The van der Waals surface area contributed by atoms with Crippen LogP contribution >= 0.6 is 15.9 Å². The highest BCUT2D eigenvalue weighted by atomic mass is 79.9. The molecule has 1 amide bonds. The van der Waals surface area contributed by atoms with Gasteiger partial charge in [-0.15, -0.1) is 0 Å². The van der Waals surface area contributed by atoms with Crippen molar-refractivity contribution in [1.82, 2.24) is 5.32 Å². The third kappa shape index (κ3) is 3.34. The highest BCUT2D eigenvalue weighted by Gasteiger charge is 2.10. The minimum atomic E-state index is -0.0146. The van der Waals surface area contributed by atoms with Crippen molar-refractivity contribution in [3.63, 3.8) is 0 Å². The Morgan fingerprint density at radius 2 is 2.13 bits per heavy atom. The second-order valence-electron chi connectivity index (χ2n) is 4.04. The molecule has 1 N–H and O–H groups in total. The lowest BCUT2D eigenvalue weighted by Gasteiger charge is -2.09. The smallest absolute Gasteiger partial charge is 0.252 e. The van der Waals surface area contributed by atoms with Crippen molar-refractivity contribution in [3.8, 4) is 0 Å². The van der Waals surface area contributed by atoms with Gasteiger partial charge < -0.3 is 5.32 Å². The van der Waals surface area contributed by atoms with Gasteiger partial charge in [0.2, 0.25) is 0 Å². The third-order valence-corrected chi connectivity index (χ3v) is 3.16. The number of amides is 1. The van der Waals surface area contributed by atoms with Crippen LogP contribution in [0.25, 0.3) is 0 Å². The van der Waals surface area contributed by atoms with Gasteiger partial charge in [-0.25, -0.2) is 0 Å². The number of halogens is 1. The molecule has 82 valence electrons. The first kappa shape index (κ1) is 12.2. The Balaban J connectivity index is 2.78. The average Bonchev–Trinajstić information content (AvgIpc) is 2.18. The van der Waals surface area contributed by atoms with E-state index in [2.05, 4.69) is 35.1 Å². The Morgan fingerprint density at radius 3 is 2.73 bits per heavy atom. The lowest BCUT2D eigenvalue weighted by Crippen LogP contribution is -2.27. The van der Waals surface area contributed by atoms with E-state index in [1.807, 2.05) is 25.1 Å². The molecule has 0 atom stereocenters. The zero-order valence-electron chi connectivity index (χ0n) is 9.30. The summed E-state index contributed by atoms with van der Waals surface area (Å²) in [5.41, 5.74) is 1.78. The first-order valence-electron chi connectivity index (χ1n) is 5.05. The van der Waals surface area contributed by atoms with Crippen LogP contribution in [0.4, 0.5) is 0 Å². The normalized spacial score (nSPS) is 10.5. The Morgan fingerprint density at radius 1 is 1.47 bits per heavy atom. The maximum atomic E-state index is 11.8. The van der Waals surface area contributed by atoms with Gasteiger partial charge in [0.1, 0.15) is 0 Å². The number of rotatable bonds is 3. The van der Waals surface area contributed by atoms with E-state index >= 15 is 0 Å². The van der Waals surface area contributed by atoms with Crippen LogP contribution in [0, 0.1) is 12.8 Å². The van der Waals surface area contributed by atoms with Crippen molar-refractivity contribution in [1.29, 1.82) is 0 Å². The lowest BCUT2D eigenvalue weighted by molar-refractivity contribution is 0.0948. The van der Waals surface area contributed by atoms with Crippen LogP contribution < -0.4 is 5.32 Å². The molecular weight excluding hydrogens is 254 g/mol. The fraction of sp³-hybridized carbons (Fsp3) is 0.417. The summed E-state index contributed by atoms with van der Waals surface area (Å²) in [5.74, 6) is 0.455. The Hall–Kier alpha value is -0.830. The van der Waals surface area contributed by atoms with E-state index in [0.29, 0.717) is 18.0 Å². The summed E-state index contributed by atoms with van der Waals surface area (Å²) >= 11 is 3.43. The van der Waals surface area contributed by atoms with E-state index in [1.54, 1.807) is 0 Å². The number of hydrogen-bond acceptors (Lipinski definition) is 1. The van der Waals surface area contributed by atoms with Gasteiger partial charge in [0.05, 0.1) is 5.56 Å². The molecule has 0 bridgehead atoms. The van der Waals surface area contributed by atoms with E-state index in [4.69, 9.17) is 0 Å². The molecule has 0 saturated carbocycles. The van der Waals surface area contributed by atoms with Crippen LogP contribution in [0.5, 0.6) is 0 Å². The van der Waals surface area contributed by atoms with E-state index in [9.17, 15) is 4.79 Å². The van der Waals surface area contributed by atoms with Crippen LogP contribution in [0.15, 0.2) is 22.7 Å². The third-order valence-electron chi connectivity index (χ3n) is 2.11. The van der Waals surface area contributed by atoms with Gasteiger partial charge in [-0.05, 0) is 40.4 Å². The molecule has 0 unspecified atom stereocenters. The maximum absolute atomic E-state index is 11.8.